The Kier molecular flexibility index (Phi) is 2.34. The molecule has 17 heavy (non-hydrogen) atoms. The molecular formula is C12H12O5. The van der Waals surface area contributed by atoms with Crippen molar-refractivity contribution in [2.24, 2.45) is 11.3 Å². The van der Waals surface area contributed by atoms with Gasteiger partial charge in [0.25, 0.3) is 0 Å². The van der Waals surface area contributed by atoms with E-state index in [1.165, 1.54) is 26.2 Å². The fourth-order valence-electron chi connectivity index (χ4n) is 2.15. The van der Waals surface area contributed by atoms with Crippen molar-refractivity contribution in [3.05, 3.63) is 35.8 Å². The van der Waals surface area contributed by atoms with Crippen molar-refractivity contribution < 1.29 is 24.2 Å². The number of aliphatic hydroxyl groups is 1. The Morgan fingerprint density at radius 2 is 2.24 bits per heavy atom. The Morgan fingerprint density at radius 1 is 1.59 bits per heavy atom. The summed E-state index contributed by atoms with van der Waals surface area (Å²) in [7, 11) is 1.20. The number of carbonyl (C=O) groups excluding carboxylic acids is 2. The number of carbonyl (C=O) groups is 2. The minimum absolute atomic E-state index is 0.0628. The Labute approximate surface area is 98.0 Å². The van der Waals surface area contributed by atoms with Gasteiger partial charge in [-0.25, -0.2) is 0 Å². The van der Waals surface area contributed by atoms with Gasteiger partial charge in [0.2, 0.25) is 0 Å². The molecule has 1 heterocycles. The van der Waals surface area contributed by atoms with Crippen molar-refractivity contribution in [2.45, 2.75) is 6.92 Å². The van der Waals surface area contributed by atoms with E-state index in [-0.39, 0.29) is 11.3 Å². The van der Waals surface area contributed by atoms with Crippen molar-refractivity contribution in [3.63, 3.8) is 0 Å². The molecule has 5 heteroatoms. The molecule has 2 unspecified atom stereocenters. The van der Waals surface area contributed by atoms with Gasteiger partial charge in [-0.05, 0) is 24.6 Å². The summed E-state index contributed by atoms with van der Waals surface area (Å²) in [6.07, 6.45) is 2.84. The minimum Gasteiger partial charge on any atom is -0.508 e. The third-order valence-electron chi connectivity index (χ3n) is 3.19. The molecule has 1 fully saturated rings. The van der Waals surface area contributed by atoms with E-state index >= 15 is 0 Å². The molecule has 0 aromatic carbocycles. The summed E-state index contributed by atoms with van der Waals surface area (Å²) >= 11 is 0. The van der Waals surface area contributed by atoms with Crippen LogP contribution in [0.1, 0.15) is 6.92 Å². The number of rotatable bonds is 1. The second kappa shape index (κ2) is 3.48. The second-order valence-corrected chi connectivity index (χ2v) is 4.16. The van der Waals surface area contributed by atoms with Crippen LogP contribution in [0.25, 0.3) is 0 Å². The van der Waals surface area contributed by atoms with E-state index in [9.17, 15) is 14.7 Å². The highest BCUT2D eigenvalue weighted by Crippen LogP contribution is 2.49. The first kappa shape index (κ1) is 11.4. The number of fused-ring (bicyclic) bond motifs is 1. The van der Waals surface area contributed by atoms with Crippen LogP contribution in [0.5, 0.6) is 0 Å². The Bertz CT molecular complexity index is 485. The zero-order chi connectivity index (χ0) is 12.8. The topological polar surface area (TPSA) is 72.8 Å². The van der Waals surface area contributed by atoms with Crippen LogP contribution in [0.3, 0.4) is 0 Å². The van der Waals surface area contributed by atoms with Crippen LogP contribution in [-0.4, -0.2) is 24.2 Å². The molecule has 1 aliphatic heterocycles. The highest BCUT2D eigenvalue weighted by molar-refractivity contribution is 6.03. The summed E-state index contributed by atoms with van der Waals surface area (Å²) in [4.78, 5) is 23.6. The minimum atomic E-state index is -1.49. The maximum atomic E-state index is 11.8. The molecule has 1 saturated heterocycles. The maximum absolute atomic E-state index is 11.8. The van der Waals surface area contributed by atoms with E-state index in [4.69, 9.17) is 4.74 Å². The molecule has 1 N–H and O–H groups in total. The Balaban J connectivity index is 2.53. The van der Waals surface area contributed by atoms with Gasteiger partial charge in [-0.1, -0.05) is 6.58 Å². The van der Waals surface area contributed by atoms with Crippen molar-refractivity contribution >= 4 is 11.9 Å². The third kappa shape index (κ3) is 1.32. The van der Waals surface area contributed by atoms with E-state index in [0.29, 0.717) is 5.76 Å². The zero-order valence-corrected chi connectivity index (χ0v) is 9.52. The van der Waals surface area contributed by atoms with Crippen LogP contribution in [-0.2, 0) is 19.1 Å². The summed E-state index contributed by atoms with van der Waals surface area (Å²) in [5.41, 5.74) is -1.21. The fraction of sp³-hybridized carbons (Fsp3) is 0.333. The molecule has 2 rings (SSSR count). The number of methoxy groups -OCH3 is 1. The van der Waals surface area contributed by atoms with Gasteiger partial charge in [0, 0.05) is 0 Å². The summed E-state index contributed by atoms with van der Waals surface area (Å²) in [5.74, 6) is -1.85. The van der Waals surface area contributed by atoms with Gasteiger partial charge in [0.15, 0.2) is 5.41 Å². The van der Waals surface area contributed by atoms with Crippen LogP contribution in [0.2, 0.25) is 0 Å². The summed E-state index contributed by atoms with van der Waals surface area (Å²) in [6.45, 7) is 5.11. The van der Waals surface area contributed by atoms with Crippen molar-refractivity contribution in [3.8, 4) is 0 Å². The predicted octanol–water partition coefficient (Wildman–Crippen LogP) is 1.23. The highest BCUT2D eigenvalue weighted by atomic mass is 16.6. The molecule has 0 amide bonds. The van der Waals surface area contributed by atoms with Crippen LogP contribution < -0.4 is 0 Å². The first-order valence-electron chi connectivity index (χ1n) is 5.03. The second-order valence-electron chi connectivity index (χ2n) is 4.16. The van der Waals surface area contributed by atoms with E-state index in [0.717, 1.165) is 0 Å². The summed E-state index contributed by atoms with van der Waals surface area (Å²) in [6, 6.07) is 0. The lowest BCUT2D eigenvalue weighted by Crippen LogP contribution is -2.40. The molecule has 0 aromatic rings. The molecule has 1 aliphatic carbocycles. The van der Waals surface area contributed by atoms with E-state index in [1.54, 1.807) is 0 Å². The molecule has 0 radical (unpaired) electrons. The molecule has 0 saturated carbocycles. The molecular weight excluding hydrogens is 224 g/mol. The molecule has 0 aromatic heterocycles. The van der Waals surface area contributed by atoms with Gasteiger partial charge in [-0.15, -0.1) is 0 Å². The molecule has 90 valence electrons. The van der Waals surface area contributed by atoms with Gasteiger partial charge in [0.1, 0.15) is 11.5 Å². The highest BCUT2D eigenvalue weighted by Gasteiger charge is 2.60. The predicted molar refractivity (Wildman–Crippen MR) is 57.6 cm³/mol. The fourth-order valence-corrected chi connectivity index (χ4v) is 2.15. The van der Waals surface area contributed by atoms with Gasteiger partial charge >= 0.3 is 11.9 Å². The molecule has 5 nitrogen and oxygen atoms in total. The average Bonchev–Trinajstić information content (AvgIpc) is 2.57. The van der Waals surface area contributed by atoms with Crippen LogP contribution >= 0.6 is 0 Å². The van der Waals surface area contributed by atoms with Crippen molar-refractivity contribution in [1.29, 1.82) is 0 Å². The first-order chi connectivity index (χ1) is 7.92. The van der Waals surface area contributed by atoms with E-state index in [1.807, 2.05) is 0 Å². The van der Waals surface area contributed by atoms with Gasteiger partial charge in [-0.3, -0.25) is 9.59 Å². The average molecular weight is 236 g/mol. The number of hydrogen-bond donors (Lipinski definition) is 1. The smallest absolute Gasteiger partial charge is 0.329 e. The molecule has 2 atom stereocenters. The number of esters is 2. The van der Waals surface area contributed by atoms with Crippen LogP contribution in [0.15, 0.2) is 35.8 Å². The van der Waals surface area contributed by atoms with Crippen molar-refractivity contribution in [1.82, 2.24) is 0 Å². The van der Waals surface area contributed by atoms with Crippen LogP contribution in [0, 0.1) is 11.3 Å². The lowest BCUT2D eigenvalue weighted by molar-refractivity contribution is -0.162. The van der Waals surface area contributed by atoms with E-state index < -0.39 is 23.3 Å². The number of allylic oxidation sites excluding steroid dienone is 4. The Hall–Kier alpha value is -2.04. The standard InChI is InChI=1S/C12H12O5/c1-6-7(13)4-5-8-9(6)12(2,10(14)16-3)11(15)17-8/h4-5,9,13H,1H2,2-3H3. The van der Waals surface area contributed by atoms with Crippen LogP contribution in [0.4, 0.5) is 0 Å². The molecule has 0 spiro atoms. The molecule has 2 aliphatic rings. The van der Waals surface area contributed by atoms with Crippen molar-refractivity contribution in [2.75, 3.05) is 7.11 Å². The quantitative estimate of drug-likeness (QED) is 0.547. The van der Waals surface area contributed by atoms with E-state index in [2.05, 4.69) is 11.3 Å². The van der Waals surface area contributed by atoms with Gasteiger partial charge in [-0.2, -0.15) is 0 Å². The number of aliphatic hydroxyl groups excluding tert-OH is 1. The molecule has 0 bridgehead atoms. The lowest BCUT2D eigenvalue weighted by Gasteiger charge is -2.26. The number of ether oxygens (including phenoxy) is 2. The number of hydrogen-bond acceptors (Lipinski definition) is 5. The van der Waals surface area contributed by atoms with Gasteiger partial charge < -0.3 is 14.6 Å². The lowest BCUT2D eigenvalue weighted by atomic mass is 9.72. The van der Waals surface area contributed by atoms with Gasteiger partial charge in [0.05, 0.1) is 13.0 Å². The summed E-state index contributed by atoms with van der Waals surface area (Å²) in [5, 5.41) is 9.60. The SMILES string of the molecule is C=C1C(O)=CC=C2OC(=O)C(C)(C(=O)OC)C12. The zero-order valence-electron chi connectivity index (χ0n) is 9.52. The maximum Gasteiger partial charge on any atom is 0.329 e. The largest absolute Gasteiger partial charge is 0.508 e. The monoisotopic (exact) mass is 236 g/mol. The normalized spacial score (nSPS) is 31.3. The first-order valence-corrected chi connectivity index (χ1v) is 5.03. The summed E-state index contributed by atoms with van der Waals surface area (Å²) < 4.78 is 9.66. The third-order valence-corrected chi connectivity index (χ3v) is 3.19. The Morgan fingerprint density at radius 3 is 2.82 bits per heavy atom.